The van der Waals surface area contributed by atoms with Gasteiger partial charge in [-0.25, -0.2) is 0 Å². The second kappa shape index (κ2) is 5.70. The van der Waals surface area contributed by atoms with Gasteiger partial charge in [0.05, 0.1) is 7.11 Å². The van der Waals surface area contributed by atoms with Gasteiger partial charge in [-0.3, -0.25) is 0 Å². The van der Waals surface area contributed by atoms with Crippen molar-refractivity contribution in [1.29, 1.82) is 0 Å². The molecule has 0 heterocycles. The van der Waals surface area contributed by atoms with Crippen molar-refractivity contribution in [1.82, 2.24) is 0 Å². The van der Waals surface area contributed by atoms with Gasteiger partial charge in [0.1, 0.15) is 0 Å². The lowest BCUT2D eigenvalue weighted by molar-refractivity contribution is 0.134. The van der Waals surface area contributed by atoms with Gasteiger partial charge in [-0.05, 0) is 31.8 Å². The van der Waals surface area contributed by atoms with Crippen LogP contribution in [0, 0.1) is 5.92 Å². The standard InChI is InChI=1S/C10H18O2/c1-8(2)9(3)6-5-7-10(11)12-4/h7,9,11H,1,5-6H2,2-4H3/b10-7-. The van der Waals surface area contributed by atoms with Gasteiger partial charge >= 0.3 is 0 Å². The number of aliphatic hydroxyl groups excluding tert-OH is 1. The monoisotopic (exact) mass is 170 g/mol. The van der Waals surface area contributed by atoms with Gasteiger partial charge in [-0.2, -0.15) is 0 Å². The number of rotatable bonds is 5. The smallest absolute Gasteiger partial charge is 0.272 e. The molecule has 0 aromatic carbocycles. The summed E-state index contributed by atoms with van der Waals surface area (Å²) in [6.45, 7) is 8.00. The fraction of sp³-hybridized carbons (Fsp3) is 0.600. The summed E-state index contributed by atoms with van der Waals surface area (Å²) in [5.74, 6) is 0.509. The Bertz CT molecular complexity index is 171. The van der Waals surface area contributed by atoms with Crippen LogP contribution in [-0.2, 0) is 4.74 Å². The van der Waals surface area contributed by atoms with Crippen molar-refractivity contribution in [2.24, 2.45) is 5.92 Å². The fourth-order valence-corrected chi connectivity index (χ4v) is 0.787. The summed E-state index contributed by atoms with van der Waals surface area (Å²) < 4.78 is 4.59. The molecule has 1 unspecified atom stereocenters. The topological polar surface area (TPSA) is 29.5 Å². The van der Waals surface area contributed by atoms with Crippen LogP contribution in [0.15, 0.2) is 24.2 Å². The maximum Gasteiger partial charge on any atom is 0.272 e. The van der Waals surface area contributed by atoms with E-state index in [4.69, 9.17) is 5.11 Å². The van der Waals surface area contributed by atoms with E-state index in [-0.39, 0.29) is 5.95 Å². The number of aliphatic hydroxyl groups is 1. The summed E-state index contributed by atoms with van der Waals surface area (Å²) >= 11 is 0. The molecule has 1 atom stereocenters. The lowest BCUT2D eigenvalue weighted by atomic mass is 9.99. The van der Waals surface area contributed by atoms with Crippen molar-refractivity contribution in [3.8, 4) is 0 Å². The zero-order valence-electron chi connectivity index (χ0n) is 8.13. The minimum atomic E-state index is 0.00363. The zero-order valence-corrected chi connectivity index (χ0v) is 8.13. The molecule has 0 radical (unpaired) electrons. The molecule has 0 rings (SSSR count). The minimum absolute atomic E-state index is 0.00363. The van der Waals surface area contributed by atoms with Crippen molar-refractivity contribution in [3.05, 3.63) is 24.2 Å². The molecule has 0 aromatic heterocycles. The quantitative estimate of drug-likeness (QED) is 0.507. The van der Waals surface area contributed by atoms with Crippen LogP contribution in [0.4, 0.5) is 0 Å². The zero-order chi connectivity index (χ0) is 9.56. The highest BCUT2D eigenvalue weighted by atomic mass is 16.6. The molecule has 2 nitrogen and oxygen atoms in total. The molecular weight excluding hydrogens is 152 g/mol. The number of ether oxygens (including phenoxy) is 1. The summed E-state index contributed by atoms with van der Waals surface area (Å²) in [4.78, 5) is 0. The first kappa shape index (κ1) is 11.1. The summed E-state index contributed by atoms with van der Waals surface area (Å²) in [5, 5.41) is 8.93. The molecule has 0 amide bonds. The Morgan fingerprint density at radius 3 is 2.67 bits per heavy atom. The molecule has 0 aliphatic carbocycles. The van der Waals surface area contributed by atoms with Crippen molar-refractivity contribution < 1.29 is 9.84 Å². The summed E-state index contributed by atoms with van der Waals surface area (Å²) in [5.41, 5.74) is 1.18. The Morgan fingerprint density at radius 1 is 1.67 bits per heavy atom. The first-order chi connectivity index (χ1) is 5.57. The summed E-state index contributed by atoms with van der Waals surface area (Å²) in [7, 11) is 1.45. The van der Waals surface area contributed by atoms with Crippen LogP contribution in [0.3, 0.4) is 0 Å². The van der Waals surface area contributed by atoms with E-state index >= 15 is 0 Å². The van der Waals surface area contributed by atoms with Gasteiger partial charge in [0, 0.05) is 0 Å². The van der Waals surface area contributed by atoms with E-state index in [1.807, 2.05) is 6.92 Å². The van der Waals surface area contributed by atoms with Crippen LogP contribution in [0.1, 0.15) is 26.7 Å². The molecule has 0 saturated carbocycles. The average Bonchev–Trinajstić information content (AvgIpc) is 2.03. The molecule has 0 aliphatic heterocycles. The molecule has 12 heavy (non-hydrogen) atoms. The average molecular weight is 170 g/mol. The van der Waals surface area contributed by atoms with E-state index in [0.717, 1.165) is 12.8 Å². The lowest BCUT2D eigenvalue weighted by Crippen LogP contribution is -1.94. The number of allylic oxidation sites excluding steroid dienone is 2. The van der Waals surface area contributed by atoms with Crippen LogP contribution in [0.25, 0.3) is 0 Å². The Morgan fingerprint density at radius 2 is 2.25 bits per heavy atom. The third-order valence-corrected chi connectivity index (χ3v) is 1.97. The number of hydrogen-bond acceptors (Lipinski definition) is 2. The SMILES string of the molecule is C=C(C)C(C)CC/C=C(/O)OC. The molecule has 70 valence electrons. The third-order valence-electron chi connectivity index (χ3n) is 1.97. The first-order valence-electron chi connectivity index (χ1n) is 4.16. The van der Waals surface area contributed by atoms with Crippen molar-refractivity contribution in [2.75, 3.05) is 7.11 Å². The van der Waals surface area contributed by atoms with Crippen molar-refractivity contribution in [3.63, 3.8) is 0 Å². The van der Waals surface area contributed by atoms with Gasteiger partial charge in [0.15, 0.2) is 0 Å². The van der Waals surface area contributed by atoms with Crippen LogP contribution in [-0.4, -0.2) is 12.2 Å². The molecule has 1 N–H and O–H groups in total. The van der Waals surface area contributed by atoms with Gasteiger partial charge < -0.3 is 9.84 Å². The fourth-order valence-electron chi connectivity index (χ4n) is 0.787. The Balaban J connectivity index is 3.62. The van der Waals surface area contributed by atoms with Gasteiger partial charge in [0.25, 0.3) is 5.95 Å². The first-order valence-corrected chi connectivity index (χ1v) is 4.16. The van der Waals surface area contributed by atoms with E-state index in [1.54, 1.807) is 6.08 Å². The maximum atomic E-state index is 8.93. The predicted octanol–water partition coefficient (Wildman–Crippen LogP) is 3.02. The van der Waals surface area contributed by atoms with Crippen LogP contribution in [0.2, 0.25) is 0 Å². The second-order valence-electron chi connectivity index (χ2n) is 3.07. The van der Waals surface area contributed by atoms with Gasteiger partial charge in [-0.15, -0.1) is 0 Å². The minimum Gasteiger partial charge on any atom is -0.481 e. The van der Waals surface area contributed by atoms with E-state index < -0.39 is 0 Å². The highest BCUT2D eigenvalue weighted by molar-refractivity contribution is 4.95. The van der Waals surface area contributed by atoms with Gasteiger partial charge in [-0.1, -0.05) is 19.1 Å². The second-order valence-corrected chi connectivity index (χ2v) is 3.07. The largest absolute Gasteiger partial charge is 0.481 e. The summed E-state index contributed by atoms with van der Waals surface area (Å²) in [6.07, 6.45) is 3.51. The van der Waals surface area contributed by atoms with Gasteiger partial charge in [0.2, 0.25) is 0 Å². The molecule has 0 bridgehead atoms. The highest BCUT2D eigenvalue weighted by Crippen LogP contribution is 2.14. The highest BCUT2D eigenvalue weighted by Gasteiger charge is 2.00. The normalized spacial score (nSPS) is 14.1. The van der Waals surface area contributed by atoms with Crippen molar-refractivity contribution in [2.45, 2.75) is 26.7 Å². The molecule has 2 heteroatoms. The lowest BCUT2D eigenvalue weighted by Gasteiger charge is -2.08. The third kappa shape index (κ3) is 4.83. The van der Waals surface area contributed by atoms with Crippen LogP contribution >= 0.6 is 0 Å². The Labute approximate surface area is 74.6 Å². The Hall–Kier alpha value is -0.920. The molecule has 0 saturated heterocycles. The van der Waals surface area contributed by atoms with Crippen LogP contribution in [0.5, 0.6) is 0 Å². The van der Waals surface area contributed by atoms with E-state index in [2.05, 4.69) is 18.2 Å². The molecular formula is C10H18O2. The number of methoxy groups -OCH3 is 1. The van der Waals surface area contributed by atoms with E-state index in [0.29, 0.717) is 5.92 Å². The Kier molecular flexibility index (Phi) is 5.26. The van der Waals surface area contributed by atoms with Crippen molar-refractivity contribution >= 4 is 0 Å². The maximum absolute atomic E-state index is 8.93. The molecule has 0 fully saturated rings. The van der Waals surface area contributed by atoms with E-state index in [9.17, 15) is 0 Å². The summed E-state index contributed by atoms with van der Waals surface area (Å²) in [6, 6.07) is 0. The van der Waals surface area contributed by atoms with Crippen LogP contribution < -0.4 is 0 Å². The predicted molar refractivity (Wildman–Crippen MR) is 50.9 cm³/mol. The van der Waals surface area contributed by atoms with E-state index in [1.165, 1.54) is 12.7 Å². The number of hydrogen-bond donors (Lipinski definition) is 1. The molecule has 0 spiro atoms. The molecule has 0 aromatic rings. The molecule has 0 aliphatic rings.